The van der Waals surface area contributed by atoms with Gasteiger partial charge >= 0.3 is 0 Å². The number of aryl methyl sites for hydroxylation is 2. The quantitative estimate of drug-likeness (QED) is 0.528. The van der Waals surface area contributed by atoms with Crippen molar-refractivity contribution in [2.24, 2.45) is 7.05 Å². The molecule has 0 spiro atoms. The van der Waals surface area contributed by atoms with E-state index in [2.05, 4.69) is 15.4 Å². The second-order valence-corrected chi connectivity index (χ2v) is 7.25. The van der Waals surface area contributed by atoms with E-state index in [0.29, 0.717) is 40.2 Å². The fraction of sp³-hybridized carbons (Fsp3) is 0.227. The van der Waals surface area contributed by atoms with E-state index in [0.717, 1.165) is 12.1 Å². The van der Waals surface area contributed by atoms with Crippen molar-refractivity contribution < 1.29 is 18.0 Å². The van der Waals surface area contributed by atoms with E-state index in [9.17, 15) is 18.0 Å². The first-order valence-electron chi connectivity index (χ1n) is 9.67. The Morgan fingerprint density at radius 1 is 1.10 bits per heavy atom. The van der Waals surface area contributed by atoms with Crippen LogP contribution in [0.15, 0.2) is 36.4 Å². The largest absolute Gasteiger partial charge is 0.351 e. The summed E-state index contributed by atoms with van der Waals surface area (Å²) in [5.41, 5.74) is 2.20. The number of nitrogens with one attached hydrogen (secondary N) is 1. The summed E-state index contributed by atoms with van der Waals surface area (Å²) in [5, 5.41) is 7.06. The monoisotopic (exact) mass is 427 g/mol. The number of aromatic nitrogens is 4. The number of carbonyl (C=O) groups excluding carboxylic acids is 1. The van der Waals surface area contributed by atoms with E-state index < -0.39 is 17.5 Å². The number of hydrogen-bond acceptors (Lipinski definition) is 3. The van der Waals surface area contributed by atoms with Crippen molar-refractivity contribution >= 4 is 16.9 Å². The molecule has 0 aliphatic rings. The predicted octanol–water partition coefficient (Wildman–Crippen LogP) is 3.77. The summed E-state index contributed by atoms with van der Waals surface area (Å²) in [6.07, 6.45) is 0.398. The number of carbonyl (C=O) groups is 1. The Hall–Kier alpha value is -3.62. The lowest BCUT2D eigenvalue weighted by Gasteiger charge is -2.08. The molecule has 0 aliphatic heterocycles. The lowest BCUT2D eigenvalue weighted by molar-refractivity contribution is 0.0952. The molecule has 0 saturated carbocycles. The summed E-state index contributed by atoms with van der Waals surface area (Å²) in [6, 6.07) is 7.94. The van der Waals surface area contributed by atoms with Gasteiger partial charge in [0.2, 0.25) is 0 Å². The number of fused-ring (bicyclic) bond motifs is 1. The maximum atomic E-state index is 14.2. The number of amides is 1. The lowest BCUT2D eigenvalue weighted by atomic mass is 10.2. The zero-order valence-corrected chi connectivity index (χ0v) is 17.2. The van der Waals surface area contributed by atoms with Crippen LogP contribution < -0.4 is 5.32 Å². The Balaban J connectivity index is 1.51. The van der Waals surface area contributed by atoms with E-state index in [1.165, 1.54) is 16.8 Å². The van der Waals surface area contributed by atoms with Crippen LogP contribution in [0.1, 0.15) is 27.6 Å². The minimum absolute atomic E-state index is 0.0581. The molecule has 0 fully saturated rings. The first-order valence-corrected chi connectivity index (χ1v) is 9.67. The summed E-state index contributed by atoms with van der Waals surface area (Å²) in [7, 11) is 1.79. The maximum absolute atomic E-state index is 14.2. The average Bonchev–Trinajstić information content (AvgIpc) is 3.19. The summed E-state index contributed by atoms with van der Waals surface area (Å²) in [4.78, 5) is 17.1. The van der Waals surface area contributed by atoms with E-state index in [1.54, 1.807) is 37.6 Å². The van der Waals surface area contributed by atoms with Gasteiger partial charge in [0.1, 0.15) is 22.8 Å². The van der Waals surface area contributed by atoms with Gasteiger partial charge in [-0.1, -0.05) is 6.07 Å². The molecule has 1 amide bonds. The molecular weight excluding hydrogens is 407 g/mol. The molecule has 2 heterocycles. The minimum atomic E-state index is -0.772. The van der Waals surface area contributed by atoms with E-state index in [-0.39, 0.29) is 18.1 Å². The number of para-hydroxylation sites is 1. The molecular formula is C22H20F3N5O. The number of imidazole rings is 1. The van der Waals surface area contributed by atoms with Crippen LogP contribution in [0.3, 0.4) is 0 Å². The second-order valence-electron chi connectivity index (χ2n) is 7.25. The first kappa shape index (κ1) is 20.6. The van der Waals surface area contributed by atoms with Crippen LogP contribution in [0.5, 0.6) is 0 Å². The van der Waals surface area contributed by atoms with Crippen molar-refractivity contribution in [2.45, 2.75) is 20.3 Å². The molecule has 0 unspecified atom stereocenters. The van der Waals surface area contributed by atoms with E-state index in [1.807, 2.05) is 0 Å². The zero-order valence-electron chi connectivity index (χ0n) is 17.2. The average molecular weight is 427 g/mol. The number of rotatable bonds is 5. The fourth-order valence-corrected chi connectivity index (χ4v) is 3.69. The van der Waals surface area contributed by atoms with Gasteiger partial charge in [-0.05, 0) is 38.1 Å². The summed E-state index contributed by atoms with van der Waals surface area (Å²) >= 11 is 0. The van der Waals surface area contributed by atoms with Gasteiger partial charge in [0, 0.05) is 26.1 Å². The molecule has 0 saturated heterocycles. The first-order chi connectivity index (χ1) is 14.8. The molecule has 160 valence electrons. The van der Waals surface area contributed by atoms with Crippen LogP contribution in [0, 0.1) is 31.3 Å². The number of benzene rings is 2. The molecule has 0 aliphatic carbocycles. The van der Waals surface area contributed by atoms with Gasteiger partial charge in [0.05, 0.1) is 22.5 Å². The Morgan fingerprint density at radius 3 is 2.58 bits per heavy atom. The van der Waals surface area contributed by atoms with Crippen LogP contribution >= 0.6 is 0 Å². The van der Waals surface area contributed by atoms with Crippen molar-refractivity contribution in [1.29, 1.82) is 0 Å². The third-order valence-electron chi connectivity index (χ3n) is 5.25. The Kier molecular flexibility index (Phi) is 5.26. The van der Waals surface area contributed by atoms with Gasteiger partial charge in [0.15, 0.2) is 11.6 Å². The Morgan fingerprint density at radius 2 is 1.87 bits per heavy atom. The summed E-state index contributed by atoms with van der Waals surface area (Å²) < 4.78 is 44.4. The molecule has 4 rings (SSSR count). The lowest BCUT2D eigenvalue weighted by Crippen LogP contribution is -2.27. The van der Waals surface area contributed by atoms with Crippen LogP contribution in [0.25, 0.3) is 16.7 Å². The maximum Gasteiger partial charge on any atom is 0.255 e. The molecule has 31 heavy (non-hydrogen) atoms. The number of halogens is 3. The smallest absolute Gasteiger partial charge is 0.255 e. The second kappa shape index (κ2) is 7.90. The van der Waals surface area contributed by atoms with Gasteiger partial charge in [-0.25, -0.2) is 22.8 Å². The highest BCUT2D eigenvalue weighted by molar-refractivity contribution is 5.96. The van der Waals surface area contributed by atoms with E-state index in [4.69, 9.17) is 0 Å². The Bertz CT molecular complexity index is 1310. The van der Waals surface area contributed by atoms with Gasteiger partial charge < -0.3 is 9.88 Å². The predicted molar refractivity (Wildman–Crippen MR) is 110 cm³/mol. The molecule has 6 nitrogen and oxygen atoms in total. The van der Waals surface area contributed by atoms with Crippen molar-refractivity contribution in [3.05, 3.63) is 76.6 Å². The minimum Gasteiger partial charge on any atom is -0.351 e. The highest BCUT2D eigenvalue weighted by atomic mass is 19.1. The van der Waals surface area contributed by atoms with Crippen LogP contribution in [-0.4, -0.2) is 31.8 Å². The third-order valence-corrected chi connectivity index (χ3v) is 5.25. The van der Waals surface area contributed by atoms with E-state index >= 15 is 0 Å². The van der Waals surface area contributed by atoms with Crippen LogP contribution in [0.2, 0.25) is 0 Å². The molecule has 0 radical (unpaired) electrons. The van der Waals surface area contributed by atoms with Crippen molar-refractivity contribution in [1.82, 2.24) is 24.6 Å². The highest BCUT2D eigenvalue weighted by Crippen LogP contribution is 2.21. The summed E-state index contributed by atoms with van der Waals surface area (Å²) in [6.45, 7) is 3.56. The zero-order chi connectivity index (χ0) is 22.3. The van der Waals surface area contributed by atoms with Gasteiger partial charge in [-0.2, -0.15) is 5.10 Å². The molecule has 2 aromatic heterocycles. The normalized spacial score (nSPS) is 11.3. The van der Waals surface area contributed by atoms with Crippen LogP contribution in [-0.2, 0) is 13.5 Å². The number of nitrogens with zero attached hydrogens (tertiary/aromatic N) is 4. The molecule has 2 aromatic carbocycles. The van der Waals surface area contributed by atoms with Gasteiger partial charge in [-0.3, -0.25) is 4.79 Å². The molecule has 0 bridgehead atoms. The third kappa shape index (κ3) is 3.67. The molecule has 9 heteroatoms. The topological polar surface area (TPSA) is 64.7 Å². The summed E-state index contributed by atoms with van der Waals surface area (Å²) in [5.74, 6) is -1.59. The molecule has 1 N–H and O–H groups in total. The molecule has 0 atom stereocenters. The van der Waals surface area contributed by atoms with Crippen molar-refractivity contribution in [3.63, 3.8) is 0 Å². The number of hydrogen-bond donors (Lipinski definition) is 1. The van der Waals surface area contributed by atoms with Gasteiger partial charge in [-0.15, -0.1) is 0 Å². The fourth-order valence-electron chi connectivity index (χ4n) is 3.69. The Labute approximate surface area is 176 Å². The van der Waals surface area contributed by atoms with Crippen molar-refractivity contribution in [3.8, 4) is 5.69 Å². The van der Waals surface area contributed by atoms with Gasteiger partial charge in [0.25, 0.3) is 5.91 Å². The van der Waals surface area contributed by atoms with Crippen molar-refractivity contribution in [2.75, 3.05) is 6.54 Å². The highest BCUT2D eigenvalue weighted by Gasteiger charge is 2.21. The SMILES string of the molecule is Cc1nn(-c2ccc(F)cc2F)c(C)c1C(=O)NCCc1nc2c(F)cccc2n1C. The standard InChI is InChI=1S/C22H20F3N5O/c1-12-20(13(2)30(28-12)17-8-7-14(23)11-16(17)25)22(31)26-10-9-19-27-21-15(24)5-4-6-18(21)29(19)3/h4-8,11H,9-10H2,1-3H3,(H,26,31). The van der Waals surface area contributed by atoms with Crippen LogP contribution in [0.4, 0.5) is 13.2 Å². The molecule has 4 aromatic rings.